The van der Waals surface area contributed by atoms with E-state index in [-0.39, 0.29) is 0 Å². The van der Waals surface area contributed by atoms with Crippen molar-refractivity contribution in [2.75, 3.05) is 0 Å². The minimum atomic E-state index is 0.798. The van der Waals surface area contributed by atoms with Crippen LogP contribution in [0, 0.1) is 0 Å². The molecule has 0 saturated heterocycles. The third kappa shape index (κ3) is 3.46. The molecule has 13 rings (SSSR count). The van der Waals surface area contributed by atoms with Crippen molar-refractivity contribution in [1.29, 1.82) is 0 Å². The molecule has 0 aliphatic carbocycles. The van der Waals surface area contributed by atoms with Crippen molar-refractivity contribution < 1.29 is 4.42 Å². The van der Waals surface area contributed by atoms with E-state index in [4.69, 9.17) is 14.4 Å². The number of hydrogen-bond acceptors (Lipinski definition) is 3. The topological polar surface area (TPSA) is 48.3 Å². The molecule has 0 bridgehead atoms. The number of rotatable bonds is 2. The number of nitrogens with zero attached hydrogens (tertiary/aromatic N) is 4. The van der Waals surface area contributed by atoms with Crippen LogP contribution >= 0.6 is 0 Å². The van der Waals surface area contributed by atoms with Crippen LogP contribution in [0.2, 0.25) is 0 Å². The molecule has 53 heavy (non-hydrogen) atoms. The summed E-state index contributed by atoms with van der Waals surface area (Å²) in [4.78, 5) is 11.1. The van der Waals surface area contributed by atoms with E-state index in [2.05, 4.69) is 155 Å². The molecular weight excluding hydrogens is 649 g/mol. The molecule has 0 fully saturated rings. The molecule has 0 amide bonds. The summed E-state index contributed by atoms with van der Waals surface area (Å²) in [5, 5.41) is 11.8. The highest BCUT2D eigenvalue weighted by Crippen LogP contribution is 2.45. The number of hydrogen-bond donors (Lipinski definition) is 0. The van der Waals surface area contributed by atoms with Gasteiger partial charge in [-0.3, -0.25) is 4.57 Å². The van der Waals surface area contributed by atoms with Crippen LogP contribution in [0.3, 0.4) is 0 Å². The lowest BCUT2D eigenvalue weighted by Crippen LogP contribution is -2.04. The normalized spacial score (nSPS) is 12.5. The van der Waals surface area contributed by atoms with Crippen molar-refractivity contribution in [3.05, 3.63) is 158 Å². The second kappa shape index (κ2) is 9.75. The molecule has 244 valence electrons. The van der Waals surface area contributed by atoms with Gasteiger partial charge in [-0.25, -0.2) is 9.97 Å². The van der Waals surface area contributed by atoms with Crippen molar-refractivity contribution in [2.45, 2.75) is 0 Å². The fourth-order valence-electron chi connectivity index (χ4n) is 9.22. The Morgan fingerprint density at radius 2 is 1.09 bits per heavy atom. The van der Waals surface area contributed by atoms with Crippen LogP contribution in [0.4, 0.5) is 0 Å². The molecule has 0 atom stereocenters. The summed E-state index contributed by atoms with van der Waals surface area (Å²) in [6.45, 7) is 0. The van der Waals surface area contributed by atoms with Gasteiger partial charge in [0.1, 0.15) is 16.9 Å². The van der Waals surface area contributed by atoms with Crippen LogP contribution in [0.1, 0.15) is 0 Å². The van der Waals surface area contributed by atoms with Gasteiger partial charge in [-0.2, -0.15) is 0 Å². The fraction of sp³-hybridized carbons (Fsp3) is 0. The summed E-state index contributed by atoms with van der Waals surface area (Å²) < 4.78 is 11.1. The number of aromatic nitrogens is 4. The molecule has 0 spiro atoms. The summed E-state index contributed by atoms with van der Waals surface area (Å²) in [6, 6.07) is 56.3. The predicted molar refractivity (Wildman–Crippen MR) is 219 cm³/mol. The predicted octanol–water partition coefficient (Wildman–Crippen LogP) is 12.6. The lowest BCUT2D eigenvalue weighted by Gasteiger charge is -2.15. The number of furan rings is 1. The molecule has 5 nitrogen and oxygen atoms in total. The Kier molecular flexibility index (Phi) is 5.06. The Balaban J connectivity index is 1.24. The smallest absolute Gasteiger partial charge is 0.165 e. The molecule has 0 unspecified atom stereocenters. The first-order valence-corrected chi connectivity index (χ1v) is 18.0. The van der Waals surface area contributed by atoms with Gasteiger partial charge in [-0.05, 0) is 65.4 Å². The van der Waals surface area contributed by atoms with E-state index >= 15 is 0 Å². The van der Waals surface area contributed by atoms with Crippen LogP contribution in [0.5, 0.6) is 0 Å². The maximum atomic E-state index is 6.26. The molecule has 0 aliphatic heterocycles. The van der Waals surface area contributed by atoms with Crippen LogP contribution in [-0.2, 0) is 0 Å². The van der Waals surface area contributed by atoms with Gasteiger partial charge in [-0.1, -0.05) is 103 Å². The quantitative estimate of drug-likeness (QED) is 0.172. The van der Waals surface area contributed by atoms with E-state index in [1.54, 1.807) is 0 Å². The second-order valence-electron chi connectivity index (χ2n) is 14.1. The van der Waals surface area contributed by atoms with Gasteiger partial charge in [0.25, 0.3) is 0 Å². The van der Waals surface area contributed by atoms with E-state index in [0.29, 0.717) is 0 Å². The number of fused-ring (bicyclic) bond motifs is 11. The van der Waals surface area contributed by atoms with Gasteiger partial charge in [0, 0.05) is 48.7 Å². The van der Waals surface area contributed by atoms with Crippen molar-refractivity contribution >= 4 is 104 Å². The first-order valence-electron chi connectivity index (χ1n) is 18.0. The van der Waals surface area contributed by atoms with E-state index < -0.39 is 0 Å². The maximum Gasteiger partial charge on any atom is 0.165 e. The highest BCUT2D eigenvalue weighted by molar-refractivity contribution is 6.31. The third-order valence-electron chi connectivity index (χ3n) is 11.4. The summed E-state index contributed by atoms with van der Waals surface area (Å²) in [5.41, 5.74) is 11.1. The molecule has 0 N–H and O–H groups in total. The van der Waals surface area contributed by atoms with Crippen LogP contribution in [0.15, 0.2) is 162 Å². The molecule has 5 heteroatoms. The summed E-state index contributed by atoms with van der Waals surface area (Å²) >= 11 is 0. The van der Waals surface area contributed by atoms with Crippen LogP contribution < -0.4 is 0 Å². The van der Waals surface area contributed by atoms with Crippen molar-refractivity contribution in [2.24, 2.45) is 0 Å². The fourth-order valence-corrected chi connectivity index (χ4v) is 9.22. The lowest BCUT2D eigenvalue weighted by molar-refractivity contribution is 0.669. The summed E-state index contributed by atoms with van der Waals surface area (Å²) in [5.74, 6) is 0.798. The zero-order valence-electron chi connectivity index (χ0n) is 28.2. The average Bonchev–Trinajstić information content (AvgIpc) is 3.85. The first-order chi connectivity index (χ1) is 26.3. The zero-order valence-corrected chi connectivity index (χ0v) is 28.2. The van der Waals surface area contributed by atoms with Gasteiger partial charge in [0.15, 0.2) is 5.82 Å². The minimum absolute atomic E-state index is 0.798. The lowest BCUT2D eigenvalue weighted by atomic mass is 10.0. The van der Waals surface area contributed by atoms with Gasteiger partial charge in [0.2, 0.25) is 0 Å². The Morgan fingerprint density at radius 1 is 0.434 bits per heavy atom. The SMILES string of the molecule is c1ccc2c(c1)ccc1nc(-c3ccc4oc5ccccc5c4c3)c(-n3c4cccc5c6cccc7c8ccccc8n(c8cccc3c8c54)c67)nc12. The van der Waals surface area contributed by atoms with Crippen LogP contribution in [-0.4, -0.2) is 18.9 Å². The number of para-hydroxylation sites is 3. The Bertz CT molecular complexity index is 3700. The Morgan fingerprint density at radius 3 is 2.02 bits per heavy atom. The van der Waals surface area contributed by atoms with E-state index in [9.17, 15) is 0 Å². The molecule has 0 radical (unpaired) electrons. The summed E-state index contributed by atoms with van der Waals surface area (Å²) in [6.07, 6.45) is 0. The molecule has 8 aromatic carbocycles. The molecule has 13 aromatic rings. The monoisotopic (exact) mass is 674 g/mol. The van der Waals surface area contributed by atoms with Crippen molar-refractivity contribution in [1.82, 2.24) is 18.9 Å². The molecule has 0 saturated carbocycles. The molecule has 0 aliphatic rings. The van der Waals surface area contributed by atoms with Gasteiger partial charge in [-0.15, -0.1) is 0 Å². The summed E-state index contributed by atoms with van der Waals surface area (Å²) in [7, 11) is 0. The largest absolute Gasteiger partial charge is 0.456 e. The van der Waals surface area contributed by atoms with E-state index in [0.717, 1.165) is 71.9 Å². The standard InChI is InChI=1S/C48H26N4O/c1-2-11-29-27(10-1)22-24-36-46(29)50-48(45(49-36)28-23-25-42-35(26-28)31-13-4-6-21-41(31)53-42)52-38-18-8-14-32-34-16-7-15-33-30-12-3-5-17-37(30)51(47(33)34)39-19-9-20-40(52)44(39)43(32)38/h1-26H. The second-order valence-corrected chi connectivity index (χ2v) is 14.1. The van der Waals surface area contributed by atoms with E-state index in [1.165, 1.54) is 48.9 Å². The number of benzene rings is 8. The van der Waals surface area contributed by atoms with Gasteiger partial charge in [0.05, 0.1) is 38.6 Å². The maximum absolute atomic E-state index is 6.26. The van der Waals surface area contributed by atoms with Gasteiger partial charge >= 0.3 is 0 Å². The highest BCUT2D eigenvalue weighted by atomic mass is 16.3. The van der Waals surface area contributed by atoms with E-state index in [1.807, 2.05) is 12.1 Å². The van der Waals surface area contributed by atoms with Crippen LogP contribution in [0.25, 0.3) is 121 Å². The highest BCUT2D eigenvalue weighted by Gasteiger charge is 2.25. The molecule has 5 heterocycles. The molecular formula is C48H26N4O. The minimum Gasteiger partial charge on any atom is -0.456 e. The Labute approximate surface area is 300 Å². The first kappa shape index (κ1) is 27.5. The van der Waals surface area contributed by atoms with Crippen molar-refractivity contribution in [3.8, 4) is 17.1 Å². The average molecular weight is 675 g/mol. The van der Waals surface area contributed by atoms with Gasteiger partial charge < -0.3 is 8.82 Å². The Hall–Kier alpha value is -7.24. The van der Waals surface area contributed by atoms with Crippen molar-refractivity contribution in [3.63, 3.8) is 0 Å². The third-order valence-corrected chi connectivity index (χ3v) is 11.4. The zero-order chi connectivity index (χ0) is 34.4. The molecule has 5 aromatic heterocycles.